The third-order valence-corrected chi connectivity index (χ3v) is 4.46. The fraction of sp³-hybridized carbons (Fsp3) is 0.381. The Morgan fingerprint density at radius 1 is 0.875 bits per heavy atom. The first kappa shape index (κ1) is 20.4. The maximum Gasteiger partial charge on any atom is 0.162 e. The average molecular weight is 346 g/mol. The molecule has 0 fully saturated rings. The number of benzene rings is 2. The maximum atomic E-state index is 13.3. The van der Waals surface area contributed by atoms with Crippen LogP contribution in [0, 0.1) is 0 Å². The predicted molar refractivity (Wildman–Crippen MR) is 104 cm³/mol. The largest absolute Gasteiger partial charge is 0.297 e. The number of hydrogen-bond donors (Lipinski definition) is 0. The summed E-state index contributed by atoms with van der Waals surface area (Å²) in [4.78, 5) is 15.4. The highest BCUT2D eigenvalue weighted by atomic mass is 35.5. The van der Waals surface area contributed by atoms with Gasteiger partial charge in [-0.25, -0.2) is 0 Å². The molecule has 0 aromatic heterocycles. The molecule has 0 amide bonds. The van der Waals surface area contributed by atoms with Crippen LogP contribution in [0.1, 0.15) is 43.7 Å². The number of carbonyl (C=O) groups is 1. The van der Waals surface area contributed by atoms with E-state index in [1.54, 1.807) is 0 Å². The summed E-state index contributed by atoms with van der Waals surface area (Å²) >= 11 is 0. The summed E-state index contributed by atoms with van der Waals surface area (Å²) in [5.41, 5.74) is 1.37. The standard InChI is InChI=1S/C21H27NO.ClH/c1-4-5-8-17-20(23)21(22(2)3,18-13-9-6-10-14-18)19-15-11-7-12-16-19;/h6-7,9-16H,4-5,8,17H2,1-3H3;1H. The van der Waals surface area contributed by atoms with Crippen molar-refractivity contribution in [3.05, 3.63) is 71.8 Å². The second-order valence-corrected chi connectivity index (χ2v) is 6.22. The molecule has 0 N–H and O–H groups in total. The lowest BCUT2D eigenvalue weighted by Crippen LogP contribution is -2.49. The molecule has 2 aromatic rings. The van der Waals surface area contributed by atoms with Crippen molar-refractivity contribution in [2.45, 2.75) is 38.1 Å². The quantitative estimate of drug-likeness (QED) is 0.623. The zero-order chi connectivity index (χ0) is 16.7. The topological polar surface area (TPSA) is 20.3 Å². The van der Waals surface area contributed by atoms with E-state index in [1.807, 2.05) is 50.5 Å². The van der Waals surface area contributed by atoms with E-state index in [2.05, 4.69) is 36.1 Å². The number of Topliss-reactive ketones (excluding diaryl/α,β-unsaturated/α-hetero) is 1. The van der Waals surface area contributed by atoms with E-state index >= 15 is 0 Å². The van der Waals surface area contributed by atoms with Gasteiger partial charge < -0.3 is 0 Å². The van der Waals surface area contributed by atoms with E-state index in [1.165, 1.54) is 0 Å². The lowest BCUT2D eigenvalue weighted by molar-refractivity contribution is -0.128. The first-order valence-electron chi connectivity index (χ1n) is 8.45. The van der Waals surface area contributed by atoms with Crippen LogP contribution in [0.4, 0.5) is 0 Å². The van der Waals surface area contributed by atoms with Crippen molar-refractivity contribution in [1.29, 1.82) is 0 Å². The van der Waals surface area contributed by atoms with Crippen LogP contribution in [-0.4, -0.2) is 24.8 Å². The van der Waals surface area contributed by atoms with E-state index in [0.717, 1.165) is 30.4 Å². The molecule has 0 saturated carbocycles. The van der Waals surface area contributed by atoms with Gasteiger partial charge in [-0.2, -0.15) is 0 Å². The molecule has 2 aromatic carbocycles. The summed E-state index contributed by atoms with van der Waals surface area (Å²) in [7, 11) is 4.00. The van der Waals surface area contributed by atoms with Gasteiger partial charge in [-0.15, -0.1) is 12.4 Å². The molecule has 0 saturated heterocycles. The third kappa shape index (κ3) is 4.06. The summed E-state index contributed by atoms with van der Waals surface area (Å²) in [6.07, 6.45) is 3.78. The van der Waals surface area contributed by atoms with Crippen molar-refractivity contribution in [3.63, 3.8) is 0 Å². The Hall–Kier alpha value is -1.64. The Morgan fingerprint density at radius 2 is 1.33 bits per heavy atom. The Labute approximate surface area is 152 Å². The molecule has 0 heterocycles. The molecular formula is C21H28ClNO. The van der Waals surface area contributed by atoms with Crippen molar-refractivity contribution in [3.8, 4) is 0 Å². The van der Waals surface area contributed by atoms with Gasteiger partial charge in [0.25, 0.3) is 0 Å². The van der Waals surface area contributed by atoms with Crippen molar-refractivity contribution in [1.82, 2.24) is 4.90 Å². The molecule has 0 spiro atoms. The van der Waals surface area contributed by atoms with Gasteiger partial charge in [0.1, 0.15) is 5.54 Å². The third-order valence-electron chi connectivity index (χ3n) is 4.46. The highest BCUT2D eigenvalue weighted by molar-refractivity contribution is 5.93. The van der Waals surface area contributed by atoms with Crippen molar-refractivity contribution >= 4 is 18.2 Å². The lowest BCUT2D eigenvalue weighted by atomic mass is 9.76. The van der Waals surface area contributed by atoms with E-state index < -0.39 is 5.54 Å². The van der Waals surface area contributed by atoms with Crippen LogP contribution in [0.15, 0.2) is 60.7 Å². The fourth-order valence-corrected chi connectivity index (χ4v) is 3.33. The number of carbonyl (C=O) groups excluding carboxylic acids is 1. The summed E-state index contributed by atoms with van der Waals surface area (Å²) in [5, 5.41) is 0. The minimum absolute atomic E-state index is 0. The Bertz CT molecular complexity index is 571. The van der Waals surface area contributed by atoms with Gasteiger partial charge in [0.05, 0.1) is 0 Å². The van der Waals surface area contributed by atoms with Crippen LogP contribution in [0.2, 0.25) is 0 Å². The molecule has 0 aliphatic carbocycles. The molecule has 0 atom stereocenters. The Balaban J connectivity index is 0.00000288. The van der Waals surface area contributed by atoms with E-state index in [4.69, 9.17) is 0 Å². The van der Waals surface area contributed by atoms with Crippen LogP contribution in [0.3, 0.4) is 0 Å². The fourth-order valence-electron chi connectivity index (χ4n) is 3.33. The second-order valence-electron chi connectivity index (χ2n) is 6.22. The normalized spacial score (nSPS) is 11.2. The van der Waals surface area contributed by atoms with E-state index in [0.29, 0.717) is 6.42 Å². The minimum atomic E-state index is -0.712. The predicted octanol–water partition coefficient (Wildman–Crippen LogP) is 5.06. The molecule has 24 heavy (non-hydrogen) atoms. The number of rotatable bonds is 8. The Kier molecular flexibility index (Phi) is 8.17. The number of likely N-dealkylation sites (N-methyl/N-ethyl adjacent to an activating group) is 1. The van der Waals surface area contributed by atoms with Gasteiger partial charge in [-0.05, 0) is 31.6 Å². The molecule has 2 rings (SSSR count). The number of halogens is 1. The van der Waals surface area contributed by atoms with Crippen LogP contribution in [0.5, 0.6) is 0 Å². The zero-order valence-electron chi connectivity index (χ0n) is 14.9. The van der Waals surface area contributed by atoms with Crippen LogP contribution in [-0.2, 0) is 10.3 Å². The van der Waals surface area contributed by atoms with E-state index in [9.17, 15) is 4.79 Å². The van der Waals surface area contributed by atoms with Gasteiger partial charge in [-0.1, -0.05) is 80.4 Å². The molecule has 2 nitrogen and oxygen atoms in total. The van der Waals surface area contributed by atoms with Gasteiger partial charge in [0, 0.05) is 6.42 Å². The summed E-state index contributed by atoms with van der Waals surface area (Å²) < 4.78 is 0. The monoisotopic (exact) mass is 345 g/mol. The summed E-state index contributed by atoms with van der Waals surface area (Å²) in [5.74, 6) is 0.272. The number of unbranched alkanes of at least 4 members (excludes halogenated alkanes) is 2. The number of nitrogens with zero attached hydrogens (tertiary/aromatic N) is 1. The first-order chi connectivity index (χ1) is 11.1. The van der Waals surface area contributed by atoms with Gasteiger partial charge in [0.2, 0.25) is 0 Å². The van der Waals surface area contributed by atoms with Gasteiger partial charge in [0.15, 0.2) is 5.78 Å². The smallest absolute Gasteiger partial charge is 0.162 e. The maximum absolute atomic E-state index is 13.3. The Morgan fingerprint density at radius 3 is 1.71 bits per heavy atom. The van der Waals surface area contributed by atoms with Gasteiger partial charge in [-0.3, -0.25) is 9.69 Å². The van der Waals surface area contributed by atoms with Crippen LogP contribution >= 0.6 is 12.4 Å². The van der Waals surface area contributed by atoms with Gasteiger partial charge >= 0.3 is 0 Å². The molecule has 0 unspecified atom stereocenters. The van der Waals surface area contributed by atoms with Crippen LogP contribution in [0.25, 0.3) is 0 Å². The van der Waals surface area contributed by atoms with Crippen molar-refractivity contribution in [2.24, 2.45) is 0 Å². The summed E-state index contributed by atoms with van der Waals surface area (Å²) in [6, 6.07) is 20.3. The lowest BCUT2D eigenvalue weighted by Gasteiger charge is -2.39. The summed E-state index contributed by atoms with van der Waals surface area (Å²) in [6.45, 7) is 2.16. The zero-order valence-corrected chi connectivity index (χ0v) is 15.7. The molecular weight excluding hydrogens is 318 g/mol. The SMILES string of the molecule is CCCCCC(=O)C(c1ccccc1)(c1ccccc1)N(C)C.Cl. The minimum Gasteiger partial charge on any atom is -0.297 e. The molecule has 0 radical (unpaired) electrons. The van der Waals surface area contributed by atoms with Crippen LogP contribution < -0.4 is 0 Å². The number of hydrogen-bond acceptors (Lipinski definition) is 2. The number of ketones is 1. The highest BCUT2D eigenvalue weighted by Gasteiger charge is 2.43. The second kappa shape index (κ2) is 9.61. The molecule has 0 bridgehead atoms. The molecule has 0 aliphatic rings. The average Bonchev–Trinajstić information content (AvgIpc) is 2.57. The molecule has 3 heteroatoms. The van der Waals surface area contributed by atoms with Crippen molar-refractivity contribution < 1.29 is 4.79 Å². The molecule has 130 valence electrons. The first-order valence-corrected chi connectivity index (χ1v) is 8.45. The molecule has 0 aliphatic heterocycles. The van der Waals surface area contributed by atoms with Crippen molar-refractivity contribution in [2.75, 3.05) is 14.1 Å². The van der Waals surface area contributed by atoms with E-state index in [-0.39, 0.29) is 18.2 Å². The highest BCUT2D eigenvalue weighted by Crippen LogP contribution is 2.36.